The highest BCUT2D eigenvalue weighted by molar-refractivity contribution is 5.37. The van der Waals surface area contributed by atoms with Gasteiger partial charge in [-0.1, -0.05) is 23.8 Å². The van der Waals surface area contributed by atoms with Crippen LogP contribution >= 0.6 is 0 Å². The van der Waals surface area contributed by atoms with Gasteiger partial charge in [0.2, 0.25) is 0 Å². The minimum absolute atomic E-state index is 0.676. The molecule has 0 amide bonds. The molecule has 1 aromatic carbocycles. The topological polar surface area (TPSA) is 29.3 Å². The number of nitrogens with two attached hydrogens (primary N) is 1. The van der Waals surface area contributed by atoms with Crippen LogP contribution in [0.1, 0.15) is 48.4 Å². The summed E-state index contributed by atoms with van der Waals surface area (Å²) in [6.45, 7) is 5.59. The molecule has 1 aliphatic heterocycles. The summed E-state index contributed by atoms with van der Waals surface area (Å²) < 4.78 is 0. The molecule has 2 atom stereocenters. The molecule has 1 fully saturated rings. The lowest BCUT2D eigenvalue weighted by atomic mass is 9.92. The van der Waals surface area contributed by atoms with Crippen molar-refractivity contribution in [2.45, 2.75) is 45.1 Å². The van der Waals surface area contributed by atoms with Gasteiger partial charge >= 0.3 is 0 Å². The van der Waals surface area contributed by atoms with Crippen molar-refractivity contribution >= 4 is 0 Å². The fraction of sp³-hybridized carbons (Fsp3) is 0.647. The smallest absolute Gasteiger partial charge is 0.0354 e. The molecule has 2 unspecified atom stereocenters. The number of aryl methyl sites for hydroxylation is 2. The second-order valence-corrected chi connectivity index (χ2v) is 6.34. The quantitative estimate of drug-likeness (QED) is 0.903. The van der Waals surface area contributed by atoms with E-state index in [1.165, 1.54) is 50.8 Å². The van der Waals surface area contributed by atoms with E-state index in [1.54, 1.807) is 11.1 Å². The molecule has 2 aliphatic rings. The highest BCUT2D eigenvalue weighted by Gasteiger charge is 2.31. The van der Waals surface area contributed by atoms with Crippen LogP contribution in [0, 0.1) is 12.8 Å². The largest absolute Gasteiger partial charge is 0.330 e. The maximum atomic E-state index is 5.74. The Bertz CT molecular complexity index is 439. The van der Waals surface area contributed by atoms with E-state index in [2.05, 4.69) is 30.0 Å². The summed E-state index contributed by atoms with van der Waals surface area (Å²) in [6.07, 6.45) is 6.50. The van der Waals surface area contributed by atoms with Crippen molar-refractivity contribution in [1.82, 2.24) is 4.90 Å². The molecule has 0 radical (unpaired) electrons. The summed E-state index contributed by atoms with van der Waals surface area (Å²) in [5.41, 5.74) is 10.3. The molecule has 3 rings (SSSR count). The van der Waals surface area contributed by atoms with Crippen molar-refractivity contribution in [3.8, 4) is 0 Å². The summed E-state index contributed by atoms with van der Waals surface area (Å²) in [7, 11) is 0. The average molecular weight is 258 g/mol. The monoisotopic (exact) mass is 258 g/mol. The summed E-state index contributed by atoms with van der Waals surface area (Å²) in [5.74, 6) is 0.826. The van der Waals surface area contributed by atoms with Gasteiger partial charge in [0.25, 0.3) is 0 Å². The van der Waals surface area contributed by atoms with E-state index in [0.29, 0.717) is 6.04 Å². The first kappa shape index (κ1) is 13.1. The van der Waals surface area contributed by atoms with Gasteiger partial charge in [-0.15, -0.1) is 0 Å². The molecule has 2 nitrogen and oxygen atoms in total. The second kappa shape index (κ2) is 5.64. The van der Waals surface area contributed by atoms with Crippen LogP contribution < -0.4 is 5.73 Å². The van der Waals surface area contributed by atoms with Crippen LogP contribution in [-0.4, -0.2) is 24.5 Å². The molecule has 0 aromatic heterocycles. The van der Waals surface area contributed by atoms with E-state index in [-0.39, 0.29) is 0 Å². The Morgan fingerprint density at radius 2 is 2.21 bits per heavy atom. The third-order valence-corrected chi connectivity index (χ3v) is 4.91. The van der Waals surface area contributed by atoms with Crippen molar-refractivity contribution in [2.75, 3.05) is 19.6 Å². The van der Waals surface area contributed by atoms with Gasteiger partial charge in [-0.05, 0) is 69.2 Å². The zero-order valence-corrected chi connectivity index (χ0v) is 12.1. The Kier molecular flexibility index (Phi) is 3.90. The maximum Gasteiger partial charge on any atom is 0.0354 e. The lowest BCUT2D eigenvalue weighted by molar-refractivity contribution is 0.119. The molecule has 1 aromatic rings. The number of fused-ring (bicyclic) bond motifs is 1. The maximum absolute atomic E-state index is 5.74. The van der Waals surface area contributed by atoms with E-state index in [0.717, 1.165) is 12.5 Å². The Hall–Kier alpha value is -0.860. The Labute approximate surface area is 117 Å². The predicted molar refractivity (Wildman–Crippen MR) is 80.2 cm³/mol. The first-order valence-electron chi connectivity index (χ1n) is 7.81. The van der Waals surface area contributed by atoms with Gasteiger partial charge in [-0.25, -0.2) is 0 Å². The highest BCUT2D eigenvalue weighted by Crippen LogP contribution is 2.38. The molecule has 19 heavy (non-hydrogen) atoms. The Balaban J connectivity index is 1.75. The predicted octanol–water partition coefficient (Wildman–Crippen LogP) is 3.04. The molecular weight excluding hydrogens is 232 g/mol. The van der Waals surface area contributed by atoms with Gasteiger partial charge in [-0.2, -0.15) is 0 Å². The van der Waals surface area contributed by atoms with Gasteiger partial charge in [0, 0.05) is 12.6 Å². The van der Waals surface area contributed by atoms with Gasteiger partial charge < -0.3 is 5.73 Å². The Morgan fingerprint density at radius 3 is 3.05 bits per heavy atom. The van der Waals surface area contributed by atoms with Crippen LogP contribution in [0.15, 0.2) is 18.2 Å². The van der Waals surface area contributed by atoms with Crippen molar-refractivity contribution in [1.29, 1.82) is 0 Å². The molecular formula is C17H26N2. The fourth-order valence-corrected chi connectivity index (χ4v) is 3.93. The molecule has 104 valence electrons. The molecule has 1 aliphatic carbocycles. The number of likely N-dealkylation sites (tertiary alicyclic amines) is 1. The van der Waals surface area contributed by atoms with Gasteiger partial charge in [0.15, 0.2) is 0 Å². The first-order valence-corrected chi connectivity index (χ1v) is 7.81. The summed E-state index contributed by atoms with van der Waals surface area (Å²) >= 11 is 0. The van der Waals surface area contributed by atoms with Crippen molar-refractivity contribution < 1.29 is 0 Å². The third-order valence-electron chi connectivity index (χ3n) is 4.91. The zero-order valence-electron chi connectivity index (χ0n) is 12.1. The standard InChI is InChI=1S/C17H26N2/c1-13-4-5-15-6-7-17(16(15)11-13)19-10-2-3-14(12-19)8-9-18/h4-5,11,14,17H,2-3,6-10,12,18H2,1H3. The van der Waals surface area contributed by atoms with Crippen LogP contribution in [0.2, 0.25) is 0 Å². The van der Waals surface area contributed by atoms with Gasteiger partial charge in [0.1, 0.15) is 0 Å². The van der Waals surface area contributed by atoms with Crippen molar-refractivity contribution in [3.63, 3.8) is 0 Å². The summed E-state index contributed by atoms with van der Waals surface area (Å²) in [6, 6.07) is 7.69. The number of benzene rings is 1. The zero-order chi connectivity index (χ0) is 13.2. The second-order valence-electron chi connectivity index (χ2n) is 6.34. The van der Waals surface area contributed by atoms with Crippen LogP contribution in [0.5, 0.6) is 0 Å². The molecule has 1 saturated heterocycles. The lowest BCUT2D eigenvalue weighted by Gasteiger charge is -2.37. The van der Waals surface area contributed by atoms with Crippen LogP contribution in [0.25, 0.3) is 0 Å². The summed E-state index contributed by atoms with van der Waals surface area (Å²) in [5, 5.41) is 0. The van der Waals surface area contributed by atoms with Crippen LogP contribution in [-0.2, 0) is 6.42 Å². The van der Waals surface area contributed by atoms with Crippen molar-refractivity contribution in [3.05, 3.63) is 34.9 Å². The number of hydrogen-bond donors (Lipinski definition) is 1. The van der Waals surface area contributed by atoms with Crippen LogP contribution in [0.3, 0.4) is 0 Å². The normalized spacial score (nSPS) is 27.5. The van der Waals surface area contributed by atoms with E-state index >= 15 is 0 Å². The summed E-state index contributed by atoms with van der Waals surface area (Å²) in [4.78, 5) is 2.73. The number of nitrogens with zero attached hydrogens (tertiary/aromatic N) is 1. The SMILES string of the molecule is Cc1ccc2c(c1)C(N1CCCC(CCN)C1)CC2. The van der Waals surface area contributed by atoms with E-state index < -0.39 is 0 Å². The molecule has 2 N–H and O–H groups in total. The molecule has 2 heteroatoms. The van der Waals surface area contributed by atoms with Crippen molar-refractivity contribution in [2.24, 2.45) is 11.7 Å². The minimum Gasteiger partial charge on any atom is -0.330 e. The first-order chi connectivity index (χ1) is 9.28. The van der Waals surface area contributed by atoms with Gasteiger partial charge in [-0.3, -0.25) is 4.90 Å². The van der Waals surface area contributed by atoms with Crippen LogP contribution in [0.4, 0.5) is 0 Å². The number of piperidine rings is 1. The van der Waals surface area contributed by atoms with Gasteiger partial charge in [0.05, 0.1) is 0 Å². The number of rotatable bonds is 3. The molecule has 0 saturated carbocycles. The van der Waals surface area contributed by atoms with E-state index in [4.69, 9.17) is 5.73 Å². The van der Waals surface area contributed by atoms with E-state index in [1.807, 2.05) is 0 Å². The third kappa shape index (κ3) is 2.70. The fourth-order valence-electron chi connectivity index (χ4n) is 3.93. The Morgan fingerprint density at radius 1 is 1.32 bits per heavy atom. The molecule has 1 heterocycles. The lowest BCUT2D eigenvalue weighted by Crippen LogP contribution is -2.38. The number of hydrogen-bond acceptors (Lipinski definition) is 2. The average Bonchev–Trinajstić information content (AvgIpc) is 2.82. The van der Waals surface area contributed by atoms with E-state index in [9.17, 15) is 0 Å². The molecule has 0 bridgehead atoms. The molecule has 0 spiro atoms. The minimum atomic E-state index is 0.676. The highest BCUT2D eigenvalue weighted by atomic mass is 15.2.